The monoisotopic (exact) mass is 207 g/mol. The maximum Gasteiger partial charge on any atom is 0.121 e. The Hall–Kier alpha value is -1.02. The van der Waals surface area contributed by atoms with Crippen LogP contribution in [0, 0.1) is 0 Å². The van der Waals surface area contributed by atoms with Crippen LogP contribution < -0.4 is 0 Å². The van der Waals surface area contributed by atoms with Crippen LogP contribution in [0.1, 0.15) is 30.5 Å². The number of nitrogens with zero attached hydrogens (tertiary/aromatic N) is 1. The summed E-state index contributed by atoms with van der Waals surface area (Å²) in [4.78, 5) is 2.14. The van der Waals surface area contributed by atoms with Gasteiger partial charge in [0.25, 0.3) is 0 Å². The Balaban J connectivity index is 3.09. The second kappa shape index (κ2) is 5.17. The van der Waals surface area contributed by atoms with Gasteiger partial charge in [0.2, 0.25) is 0 Å². The van der Waals surface area contributed by atoms with Gasteiger partial charge in [-0.05, 0) is 43.6 Å². The number of phenols is 1. The van der Waals surface area contributed by atoms with Gasteiger partial charge in [-0.3, -0.25) is 0 Å². The van der Waals surface area contributed by atoms with Crippen molar-refractivity contribution in [2.75, 3.05) is 14.1 Å². The number of aryl methyl sites for hydroxylation is 2. The zero-order valence-corrected chi connectivity index (χ0v) is 10.2. The smallest absolute Gasteiger partial charge is 0.121 e. The van der Waals surface area contributed by atoms with Crippen LogP contribution in [0.3, 0.4) is 0 Å². The van der Waals surface area contributed by atoms with Crippen molar-refractivity contribution in [1.82, 2.24) is 4.90 Å². The molecule has 0 aliphatic heterocycles. The van der Waals surface area contributed by atoms with Crippen LogP contribution >= 0.6 is 0 Å². The van der Waals surface area contributed by atoms with E-state index in [1.165, 1.54) is 5.56 Å². The fourth-order valence-electron chi connectivity index (χ4n) is 1.83. The summed E-state index contributed by atoms with van der Waals surface area (Å²) in [6, 6.07) is 4.21. The average molecular weight is 207 g/mol. The van der Waals surface area contributed by atoms with E-state index in [-0.39, 0.29) is 0 Å². The molecule has 0 bridgehead atoms. The van der Waals surface area contributed by atoms with Gasteiger partial charge < -0.3 is 10.0 Å². The van der Waals surface area contributed by atoms with E-state index in [4.69, 9.17) is 0 Å². The van der Waals surface area contributed by atoms with Gasteiger partial charge >= 0.3 is 0 Å². The molecule has 2 heteroatoms. The molecule has 1 aromatic carbocycles. The minimum absolute atomic E-state index is 0.488. The number of hydrogen-bond acceptors (Lipinski definition) is 2. The van der Waals surface area contributed by atoms with Crippen molar-refractivity contribution in [2.24, 2.45) is 0 Å². The summed E-state index contributed by atoms with van der Waals surface area (Å²) in [6.07, 6.45) is 1.78. The zero-order valence-electron chi connectivity index (χ0n) is 10.2. The molecule has 0 spiro atoms. The molecule has 0 heterocycles. The van der Waals surface area contributed by atoms with Gasteiger partial charge in [-0.15, -0.1) is 0 Å². The summed E-state index contributed by atoms with van der Waals surface area (Å²) < 4.78 is 0. The quantitative estimate of drug-likeness (QED) is 0.820. The molecule has 0 saturated carbocycles. The van der Waals surface area contributed by atoms with Gasteiger partial charge in [-0.25, -0.2) is 0 Å². The van der Waals surface area contributed by atoms with E-state index in [2.05, 4.69) is 45.0 Å². The van der Waals surface area contributed by atoms with E-state index in [1.807, 2.05) is 0 Å². The molecule has 1 N–H and O–H groups in total. The zero-order chi connectivity index (χ0) is 11.4. The fraction of sp³-hybridized carbons (Fsp3) is 0.538. The lowest BCUT2D eigenvalue weighted by Crippen LogP contribution is -2.11. The predicted octanol–water partition coefficient (Wildman–Crippen LogP) is 2.58. The predicted molar refractivity (Wildman–Crippen MR) is 64.3 cm³/mol. The minimum Gasteiger partial charge on any atom is -0.507 e. The standard InChI is InChI=1S/C13H21NO/c1-5-11-7-10(9-14(3)4)8-12(6-2)13(11)15/h7-8,15H,5-6,9H2,1-4H3. The first-order chi connectivity index (χ1) is 7.08. The topological polar surface area (TPSA) is 23.5 Å². The molecule has 0 saturated heterocycles. The molecule has 0 unspecified atom stereocenters. The van der Waals surface area contributed by atoms with E-state index in [0.29, 0.717) is 5.75 Å². The fourth-order valence-corrected chi connectivity index (χ4v) is 1.83. The van der Waals surface area contributed by atoms with Crippen molar-refractivity contribution >= 4 is 0 Å². The summed E-state index contributed by atoms with van der Waals surface area (Å²) in [5.41, 5.74) is 3.41. The van der Waals surface area contributed by atoms with Gasteiger partial charge in [0.1, 0.15) is 5.75 Å². The highest BCUT2D eigenvalue weighted by molar-refractivity contribution is 5.43. The molecular formula is C13H21NO. The Morgan fingerprint density at radius 1 is 1.07 bits per heavy atom. The van der Waals surface area contributed by atoms with Crippen LogP contribution in [0.15, 0.2) is 12.1 Å². The van der Waals surface area contributed by atoms with Crippen LogP contribution in [0.4, 0.5) is 0 Å². The number of hydrogen-bond donors (Lipinski definition) is 1. The van der Waals surface area contributed by atoms with Gasteiger partial charge in [0.05, 0.1) is 0 Å². The summed E-state index contributed by atoms with van der Waals surface area (Å²) in [5.74, 6) is 0.488. The maximum absolute atomic E-state index is 9.93. The first-order valence-electron chi connectivity index (χ1n) is 5.56. The Morgan fingerprint density at radius 2 is 1.53 bits per heavy atom. The average Bonchev–Trinajstić information content (AvgIpc) is 2.19. The van der Waals surface area contributed by atoms with Crippen LogP contribution in [0.5, 0.6) is 5.75 Å². The Kier molecular flexibility index (Phi) is 4.15. The lowest BCUT2D eigenvalue weighted by molar-refractivity contribution is 0.401. The minimum atomic E-state index is 0.488. The van der Waals surface area contributed by atoms with Crippen molar-refractivity contribution in [1.29, 1.82) is 0 Å². The molecule has 2 nitrogen and oxygen atoms in total. The van der Waals surface area contributed by atoms with Gasteiger partial charge in [-0.1, -0.05) is 26.0 Å². The van der Waals surface area contributed by atoms with E-state index < -0.39 is 0 Å². The molecular weight excluding hydrogens is 186 g/mol. The second-order valence-corrected chi connectivity index (χ2v) is 4.21. The summed E-state index contributed by atoms with van der Waals surface area (Å²) in [5, 5.41) is 9.93. The third-order valence-electron chi connectivity index (χ3n) is 2.59. The van der Waals surface area contributed by atoms with E-state index in [0.717, 1.165) is 30.5 Å². The third kappa shape index (κ3) is 2.96. The highest BCUT2D eigenvalue weighted by Gasteiger charge is 2.07. The molecule has 0 fully saturated rings. The van der Waals surface area contributed by atoms with Gasteiger partial charge in [0, 0.05) is 6.54 Å². The number of phenolic OH excluding ortho intramolecular Hbond substituents is 1. The largest absolute Gasteiger partial charge is 0.507 e. The van der Waals surface area contributed by atoms with Crippen LogP contribution in [-0.2, 0) is 19.4 Å². The number of aromatic hydroxyl groups is 1. The van der Waals surface area contributed by atoms with E-state index in [9.17, 15) is 5.11 Å². The highest BCUT2D eigenvalue weighted by atomic mass is 16.3. The van der Waals surface area contributed by atoms with E-state index >= 15 is 0 Å². The Bertz CT molecular complexity index is 306. The number of rotatable bonds is 4. The summed E-state index contributed by atoms with van der Waals surface area (Å²) >= 11 is 0. The Morgan fingerprint density at radius 3 is 1.87 bits per heavy atom. The molecule has 15 heavy (non-hydrogen) atoms. The first kappa shape index (κ1) is 12.1. The van der Waals surface area contributed by atoms with Crippen molar-refractivity contribution in [3.05, 3.63) is 28.8 Å². The van der Waals surface area contributed by atoms with Crippen LogP contribution in [0.2, 0.25) is 0 Å². The highest BCUT2D eigenvalue weighted by Crippen LogP contribution is 2.26. The third-order valence-corrected chi connectivity index (χ3v) is 2.59. The first-order valence-corrected chi connectivity index (χ1v) is 5.56. The van der Waals surface area contributed by atoms with E-state index in [1.54, 1.807) is 0 Å². The molecule has 1 aromatic rings. The van der Waals surface area contributed by atoms with Crippen molar-refractivity contribution < 1.29 is 5.11 Å². The maximum atomic E-state index is 9.93. The van der Waals surface area contributed by atoms with Crippen molar-refractivity contribution in [3.63, 3.8) is 0 Å². The molecule has 84 valence electrons. The molecule has 0 aliphatic carbocycles. The second-order valence-electron chi connectivity index (χ2n) is 4.21. The van der Waals surface area contributed by atoms with Gasteiger partial charge in [-0.2, -0.15) is 0 Å². The lowest BCUT2D eigenvalue weighted by Gasteiger charge is -2.14. The molecule has 0 aromatic heterocycles. The molecule has 0 radical (unpaired) electrons. The molecule has 1 rings (SSSR count). The number of benzene rings is 1. The van der Waals surface area contributed by atoms with Crippen molar-refractivity contribution in [2.45, 2.75) is 33.2 Å². The molecule has 0 amide bonds. The molecule has 0 aliphatic rings. The normalized spacial score (nSPS) is 11.0. The Labute approximate surface area is 92.5 Å². The summed E-state index contributed by atoms with van der Waals surface area (Å²) in [6.45, 7) is 5.09. The van der Waals surface area contributed by atoms with Gasteiger partial charge in [0.15, 0.2) is 0 Å². The SMILES string of the molecule is CCc1cc(CN(C)C)cc(CC)c1O. The lowest BCUT2D eigenvalue weighted by atomic mass is 10.0. The van der Waals surface area contributed by atoms with Crippen LogP contribution in [0.25, 0.3) is 0 Å². The van der Waals surface area contributed by atoms with Crippen molar-refractivity contribution in [3.8, 4) is 5.75 Å². The van der Waals surface area contributed by atoms with Crippen LogP contribution in [-0.4, -0.2) is 24.1 Å². The summed E-state index contributed by atoms with van der Waals surface area (Å²) in [7, 11) is 4.12. The molecule has 0 atom stereocenters.